The van der Waals surface area contributed by atoms with Crippen molar-refractivity contribution in [3.05, 3.63) is 12.7 Å². The van der Waals surface area contributed by atoms with Gasteiger partial charge in [0.05, 0.1) is 13.2 Å². The van der Waals surface area contributed by atoms with E-state index in [2.05, 4.69) is 25.3 Å². The van der Waals surface area contributed by atoms with Gasteiger partial charge in [-0.2, -0.15) is 0 Å². The first-order valence-corrected chi connectivity index (χ1v) is 5.78. The van der Waals surface area contributed by atoms with Crippen LogP contribution < -0.4 is 5.73 Å². The second-order valence-electron chi connectivity index (χ2n) is 4.73. The van der Waals surface area contributed by atoms with Gasteiger partial charge in [-0.1, -0.05) is 6.08 Å². The van der Waals surface area contributed by atoms with Gasteiger partial charge in [0.2, 0.25) is 0 Å². The topological polar surface area (TPSA) is 38.5 Å². The molecule has 0 aromatic carbocycles. The molecule has 3 heteroatoms. The average Bonchev–Trinajstić information content (AvgIpc) is 2.27. The summed E-state index contributed by atoms with van der Waals surface area (Å²) in [6, 6.07) is 0.202. The lowest BCUT2D eigenvalue weighted by Crippen LogP contribution is -2.59. The molecule has 0 amide bonds. The van der Waals surface area contributed by atoms with E-state index in [0.29, 0.717) is 0 Å². The second kappa shape index (κ2) is 5.64. The van der Waals surface area contributed by atoms with Crippen LogP contribution in [-0.2, 0) is 4.74 Å². The fourth-order valence-electron chi connectivity index (χ4n) is 2.02. The number of nitrogens with zero attached hydrogens (tertiary/aromatic N) is 1. The molecule has 15 heavy (non-hydrogen) atoms. The fourth-order valence-corrected chi connectivity index (χ4v) is 2.02. The van der Waals surface area contributed by atoms with Crippen molar-refractivity contribution in [2.24, 2.45) is 5.73 Å². The molecule has 1 aliphatic rings. The molecule has 2 N–H and O–H groups in total. The fraction of sp³-hybridized carbons (Fsp3) is 0.833. The predicted molar refractivity (Wildman–Crippen MR) is 63.9 cm³/mol. The van der Waals surface area contributed by atoms with Gasteiger partial charge in [-0.25, -0.2) is 0 Å². The van der Waals surface area contributed by atoms with Crippen LogP contribution in [0, 0.1) is 0 Å². The van der Waals surface area contributed by atoms with Crippen LogP contribution in [0.3, 0.4) is 0 Å². The molecule has 0 aromatic heterocycles. The molecule has 1 heterocycles. The molecule has 1 rings (SSSR count). The summed E-state index contributed by atoms with van der Waals surface area (Å²) in [7, 11) is 0. The molecule has 0 spiro atoms. The summed E-state index contributed by atoms with van der Waals surface area (Å²) in [6.45, 7) is 11.8. The van der Waals surface area contributed by atoms with Gasteiger partial charge in [0.1, 0.15) is 0 Å². The minimum absolute atomic E-state index is 0.0623. The lowest BCUT2D eigenvalue weighted by molar-refractivity contribution is -0.0194. The molecule has 1 saturated heterocycles. The van der Waals surface area contributed by atoms with Gasteiger partial charge in [-0.3, -0.25) is 4.90 Å². The van der Waals surface area contributed by atoms with Crippen LogP contribution in [-0.4, -0.2) is 42.8 Å². The van der Waals surface area contributed by atoms with Gasteiger partial charge >= 0.3 is 0 Å². The van der Waals surface area contributed by atoms with Crippen molar-refractivity contribution in [3.63, 3.8) is 0 Å². The summed E-state index contributed by atoms with van der Waals surface area (Å²) < 4.78 is 5.36. The van der Waals surface area contributed by atoms with Crippen molar-refractivity contribution in [1.82, 2.24) is 4.90 Å². The molecular weight excluding hydrogens is 188 g/mol. The first kappa shape index (κ1) is 12.7. The molecule has 1 aliphatic heterocycles. The zero-order valence-corrected chi connectivity index (χ0v) is 10.0. The highest BCUT2D eigenvalue weighted by molar-refractivity contribution is 4.93. The van der Waals surface area contributed by atoms with E-state index in [0.717, 1.165) is 39.1 Å². The third kappa shape index (κ3) is 3.30. The number of hydrogen-bond acceptors (Lipinski definition) is 3. The maximum absolute atomic E-state index is 6.24. The van der Waals surface area contributed by atoms with Crippen molar-refractivity contribution in [1.29, 1.82) is 0 Å². The number of morpholine rings is 1. The molecule has 0 aliphatic carbocycles. The van der Waals surface area contributed by atoms with E-state index in [9.17, 15) is 0 Å². The molecule has 1 fully saturated rings. The summed E-state index contributed by atoms with van der Waals surface area (Å²) in [4.78, 5) is 2.43. The van der Waals surface area contributed by atoms with Crippen molar-refractivity contribution in [2.75, 3.05) is 26.3 Å². The Balaban J connectivity index is 2.50. The first-order valence-electron chi connectivity index (χ1n) is 5.78. The molecule has 1 atom stereocenters. The zero-order valence-electron chi connectivity index (χ0n) is 10.0. The Morgan fingerprint density at radius 1 is 1.47 bits per heavy atom. The maximum Gasteiger partial charge on any atom is 0.0594 e. The summed E-state index contributed by atoms with van der Waals surface area (Å²) in [5, 5.41) is 0. The van der Waals surface area contributed by atoms with Crippen molar-refractivity contribution in [2.45, 2.75) is 38.3 Å². The van der Waals surface area contributed by atoms with E-state index >= 15 is 0 Å². The summed E-state index contributed by atoms with van der Waals surface area (Å²) in [6.07, 6.45) is 3.94. The molecule has 88 valence electrons. The minimum Gasteiger partial charge on any atom is -0.379 e. The molecule has 0 saturated carbocycles. The lowest BCUT2D eigenvalue weighted by Gasteiger charge is -2.44. The first-order chi connectivity index (χ1) is 7.09. The highest BCUT2D eigenvalue weighted by Crippen LogP contribution is 2.21. The Morgan fingerprint density at radius 2 is 2.07 bits per heavy atom. The van der Waals surface area contributed by atoms with Gasteiger partial charge in [0, 0.05) is 24.7 Å². The summed E-state index contributed by atoms with van der Waals surface area (Å²) in [5.74, 6) is 0. The quantitative estimate of drug-likeness (QED) is 0.700. The second-order valence-corrected chi connectivity index (χ2v) is 4.73. The van der Waals surface area contributed by atoms with E-state index in [1.54, 1.807) is 0 Å². The summed E-state index contributed by atoms with van der Waals surface area (Å²) >= 11 is 0. The zero-order chi connectivity index (χ0) is 11.3. The third-order valence-corrected chi connectivity index (χ3v) is 3.42. The minimum atomic E-state index is 0.0623. The molecular formula is C12H24N2O. The monoisotopic (exact) mass is 212 g/mol. The SMILES string of the molecule is C=CCCC(N)C(C)(C)N1CCOCC1. The van der Waals surface area contributed by atoms with Crippen LogP contribution in [0.4, 0.5) is 0 Å². The smallest absolute Gasteiger partial charge is 0.0594 e. The van der Waals surface area contributed by atoms with E-state index in [-0.39, 0.29) is 11.6 Å². The number of nitrogens with two attached hydrogens (primary N) is 1. The molecule has 0 radical (unpaired) electrons. The third-order valence-electron chi connectivity index (χ3n) is 3.42. The number of allylic oxidation sites excluding steroid dienone is 1. The van der Waals surface area contributed by atoms with Gasteiger partial charge in [-0.05, 0) is 26.7 Å². The van der Waals surface area contributed by atoms with Crippen LogP contribution in [0.25, 0.3) is 0 Å². The maximum atomic E-state index is 6.24. The van der Waals surface area contributed by atoms with E-state index in [4.69, 9.17) is 10.5 Å². The van der Waals surface area contributed by atoms with Gasteiger partial charge in [-0.15, -0.1) is 6.58 Å². The van der Waals surface area contributed by atoms with Gasteiger partial charge in [0.25, 0.3) is 0 Å². The van der Waals surface area contributed by atoms with Crippen molar-refractivity contribution >= 4 is 0 Å². The van der Waals surface area contributed by atoms with Crippen LogP contribution in [0.2, 0.25) is 0 Å². The predicted octanol–water partition coefficient (Wildman–Crippen LogP) is 1.39. The summed E-state index contributed by atoms with van der Waals surface area (Å²) in [5.41, 5.74) is 6.30. The Hall–Kier alpha value is -0.380. The average molecular weight is 212 g/mol. The van der Waals surface area contributed by atoms with E-state index < -0.39 is 0 Å². The van der Waals surface area contributed by atoms with E-state index in [1.807, 2.05) is 6.08 Å². The van der Waals surface area contributed by atoms with Crippen LogP contribution in [0.1, 0.15) is 26.7 Å². The largest absolute Gasteiger partial charge is 0.379 e. The van der Waals surface area contributed by atoms with Crippen LogP contribution in [0.5, 0.6) is 0 Å². The van der Waals surface area contributed by atoms with Gasteiger partial charge in [0.15, 0.2) is 0 Å². The lowest BCUT2D eigenvalue weighted by atomic mass is 9.89. The van der Waals surface area contributed by atoms with Crippen molar-refractivity contribution < 1.29 is 4.74 Å². The van der Waals surface area contributed by atoms with E-state index in [1.165, 1.54) is 0 Å². The Labute approximate surface area is 93.3 Å². The molecule has 1 unspecified atom stereocenters. The van der Waals surface area contributed by atoms with Crippen molar-refractivity contribution in [3.8, 4) is 0 Å². The number of hydrogen-bond donors (Lipinski definition) is 1. The number of ether oxygens (including phenoxy) is 1. The normalized spacial score (nSPS) is 21.3. The molecule has 0 bridgehead atoms. The Kier molecular flexibility index (Phi) is 4.77. The Bertz CT molecular complexity index is 198. The highest BCUT2D eigenvalue weighted by Gasteiger charge is 2.33. The Morgan fingerprint density at radius 3 is 2.60 bits per heavy atom. The molecule has 0 aromatic rings. The highest BCUT2D eigenvalue weighted by atomic mass is 16.5. The number of rotatable bonds is 5. The van der Waals surface area contributed by atoms with Crippen LogP contribution in [0.15, 0.2) is 12.7 Å². The standard InChI is InChI=1S/C12H24N2O/c1-4-5-6-11(13)12(2,3)14-7-9-15-10-8-14/h4,11H,1,5-10,13H2,2-3H3. The molecule has 3 nitrogen and oxygen atoms in total. The van der Waals surface area contributed by atoms with Gasteiger partial charge < -0.3 is 10.5 Å². The van der Waals surface area contributed by atoms with Crippen LogP contribution >= 0.6 is 0 Å².